The Kier molecular flexibility index (Phi) is 8.13. The van der Waals surface area contributed by atoms with Gasteiger partial charge in [-0.1, -0.05) is 37.3 Å². The SMILES string of the molecule is CC[C@]12O[C@@H](n3cc(C)c(=O)[nH]c3=O)C(NC1=O)[C@H]2OCc1ccccc1.Cc1cn([C@@H]2O[C@@]3(CO)C(=O)NC2[C@H]3O)c(=O)[nH]c1=O. The number of aromatic nitrogens is 4. The molecule has 3 aromatic rings. The highest BCUT2D eigenvalue weighted by molar-refractivity contribution is 5.91. The second-order valence-electron chi connectivity index (χ2n) is 11.9. The quantitative estimate of drug-likeness (QED) is 0.157. The summed E-state index contributed by atoms with van der Waals surface area (Å²) in [6.07, 6.45) is -0.400. The van der Waals surface area contributed by atoms with Crippen molar-refractivity contribution in [1.82, 2.24) is 29.7 Å². The highest BCUT2D eigenvalue weighted by atomic mass is 16.6. The van der Waals surface area contributed by atoms with Gasteiger partial charge in [0.1, 0.15) is 24.3 Å². The van der Waals surface area contributed by atoms with Gasteiger partial charge in [0, 0.05) is 23.5 Å². The second kappa shape index (κ2) is 11.8. The molecule has 4 aliphatic rings. The molecule has 6 N–H and O–H groups in total. The number of aryl methyl sites for hydroxylation is 2. The summed E-state index contributed by atoms with van der Waals surface area (Å²) in [6, 6.07) is 8.26. The number of morpholine rings is 2. The monoisotopic (exact) mass is 654 g/mol. The Labute approximate surface area is 265 Å². The summed E-state index contributed by atoms with van der Waals surface area (Å²) in [6.45, 7) is 4.60. The van der Waals surface area contributed by atoms with Crippen molar-refractivity contribution >= 4 is 11.8 Å². The minimum atomic E-state index is -1.77. The minimum absolute atomic E-state index is 0.237. The number of rotatable bonds is 7. The maximum absolute atomic E-state index is 12.5. The Balaban J connectivity index is 0.000000172. The van der Waals surface area contributed by atoms with Crippen LogP contribution in [-0.4, -0.2) is 83.2 Å². The standard InChI is InChI=1S/C19H21N3O5.C11H13N3O6/c1-3-19-14(26-10-12-7-5-4-6-8-12)13(20-17(19)24)16(27-19)22-9-11(2)15(23)21-18(22)25;1-4-2-14(10(19)13-7(4)17)8-5-6(16)11(3-15,20-8)9(18)12-5/h4-9,13-14,16H,3,10H2,1-2H3,(H,20,24)(H,21,23,25);2,5-6,8,15-16H,3H2,1H3,(H,12,18)(H,13,17,19)/t13?,14-,16-,19-;5?,6-,8-,11-/m11/s1. The fraction of sp³-hybridized carbons (Fsp3) is 0.467. The smallest absolute Gasteiger partial charge is 0.330 e. The molecule has 1 aromatic carbocycles. The van der Waals surface area contributed by atoms with Gasteiger partial charge in [0.2, 0.25) is 0 Å². The van der Waals surface area contributed by atoms with Gasteiger partial charge in [0.15, 0.2) is 23.7 Å². The third-order valence-corrected chi connectivity index (χ3v) is 9.12. The fourth-order valence-corrected chi connectivity index (χ4v) is 6.47. The van der Waals surface area contributed by atoms with Gasteiger partial charge in [0.05, 0.1) is 13.2 Å². The van der Waals surface area contributed by atoms with E-state index >= 15 is 0 Å². The molecular formula is C30H34N6O11. The Morgan fingerprint density at radius 1 is 0.809 bits per heavy atom. The van der Waals surface area contributed by atoms with Crippen molar-refractivity contribution in [2.75, 3.05) is 6.61 Å². The molecule has 4 saturated heterocycles. The van der Waals surface area contributed by atoms with Crippen LogP contribution in [0.15, 0.2) is 61.9 Å². The van der Waals surface area contributed by atoms with Crippen molar-refractivity contribution in [3.63, 3.8) is 0 Å². The van der Waals surface area contributed by atoms with Crippen molar-refractivity contribution in [3.8, 4) is 0 Å². The second-order valence-corrected chi connectivity index (χ2v) is 11.9. The number of nitrogens with zero attached hydrogens (tertiary/aromatic N) is 2. The van der Waals surface area contributed by atoms with Crippen LogP contribution in [0.1, 0.15) is 42.5 Å². The number of amides is 2. The molecule has 7 rings (SSSR count). The number of ether oxygens (including phenoxy) is 3. The van der Waals surface area contributed by atoms with Crippen LogP contribution in [0.2, 0.25) is 0 Å². The lowest BCUT2D eigenvalue weighted by Gasteiger charge is -2.30. The summed E-state index contributed by atoms with van der Waals surface area (Å²) >= 11 is 0. The number of aliphatic hydroxyl groups is 2. The van der Waals surface area contributed by atoms with Crippen molar-refractivity contribution in [3.05, 3.63) is 101 Å². The van der Waals surface area contributed by atoms with Gasteiger partial charge in [0.25, 0.3) is 22.9 Å². The molecule has 6 heterocycles. The summed E-state index contributed by atoms with van der Waals surface area (Å²) in [5.74, 6) is -0.860. The van der Waals surface area contributed by atoms with Crippen molar-refractivity contribution in [2.24, 2.45) is 0 Å². The van der Waals surface area contributed by atoms with Crippen molar-refractivity contribution in [2.45, 2.75) is 81.7 Å². The number of nitrogens with one attached hydrogen (secondary N) is 4. The van der Waals surface area contributed by atoms with Crippen molar-refractivity contribution < 1.29 is 34.0 Å². The van der Waals surface area contributed by atoms with Gasteiger partial charge in [-0.2, -0.15) is 0 Å². The number of benzene rings is 1. The number of hydrogen-bond acceptors (Lipinski definition) is 11. The Bertz CT molecular complexity index is 1950. The molecule has 8 atom stereocenters. The van der Waals surface area contributed by atoms with Crippen LogP contribution in [0, 0.1) is 13.8 Å². The van der Waals surface area contributed by atoms with Gasteiger partial charge < -0.3 is 35.1 Å². The fourth-order valence-electron chi connectivity index (χ4n) is 6.47. The predicted octanol–water partition coefficient (Wildman–Crippen LogP) is -2.43. The number of fused-ring (bicyclic) bond motifs is 4. The summed E-state index contributed by atoms with van der Waals surface area (Å²) < 4.78 is 20.0. The maximum Gasteiger partial charge on any atom is 0.330 e. The van der Waals surface area contributed by atoms with Gasteiger partial charge >= 0.3 is 11.4 Å². The molecule has 2 unspecified atom stereocenters. The average Bonchev–Trinajstić information content (AvgIpc) is 3.70. The molecule has 0 radical (unpaired) electrons. The van der Waals surface area contributed by atoms with Crippen molar-refractivity contribution in [1.29, 1.82) is 0 Å². The Hall–Kier alpha value is -4.68. The van der Waals surface area contributed by atoms with E-state index in [0.717, 1.165) is 10.1 Å². The van der Waals surface area contributed by atoms with Crippen LogP contribution in [-0.2, 0) is 30.4 Å². The largest absolute Gasteiger partial charge is 0.393 e. The summed E-state index contributed by atoms with van der Waals surface area (Å²) in [5, 5.41) is 24.7. The normalized spacial score (nSPS) is 31.8. The maximum atomic E-state index is 12.5. The van der Waals surface area contributed by atoms with Gasteiger partial charge in [-0.3, -0.25) is 38.3 Å². The summed E-state index contributed by atoms with van der Waals surface area (Å²) in [7, 11) is 0. The molecule has 2 amide bonds. The molecule has 0 saturated carbocycles. The summed E-state index contributed by atoms with van der Waals surface area (Å²) in [4.78, 5) is 75.7. The molecule has 0 spiro atoms. The predicted molar refractivity (Wildman–Crippen MR) is 160 cm³/mol. The zero-order chi connectivity index (χ0) is 33.8. The van der Waals surface area contributed by atoms with E-state index in [-0.39, 0.29) is 11.5 Å². The van der Waals surface area contributed by atoms with E-state index in [1.807, 2.05) is 37.3 Å². The van der Waals surface area contributed by atoms with Gasteiger partial charge in [-0.15, -0.1) is 0 Å². The number of hydrogen-bond donors (Lipinski definition) is 6. The lowest BCUT2D eigenvalue weighted by molar-refractivity contribution is -0.169. The molecule has 4 bridgehead atoms. The molecule has 4 fully saturated rings. The third-order valence-electron chi connectivity index (χ3n) is 9.12. The molecule has 2 aromatic heterocycles. The topological polar surface area (TPSA) is 236 Å². The van der Waals surface area contributed by atoms with E-state index in [1.54, 1.807) is 6.92 Å². The lowest BCUT2D eigenvalue weighted by Crippen LogP contribution is -2.52. The zero-order valence-electron chi connectivity index (χ0n) is 25.6. The highest BCUT2D eigenvalue weighted by Crippen LogP contribution is 2.46. The number of aliphatic hydroxyl groups excluding tert-OH is 2. The van der Waals surface area contributed by atoms with E-state index in [1.165, 1.54) is 23.9 Å². The van der Waals surface area contributed by atoms with E-state index in [9.17, 15) is 39.0 Å². The molecule has 17 nitrogen and oxygen atoms in total. The summed E-state index contributed by atoms with van der Waals surface area (Å²) in [5.41, 5.74) is -3.52. The van der Waals surface area contributed by atoms with E-state index in [0.29, 0.717) is 18.6 Å². The average molecular weight is 655 g/mol. The first-order valence-corrected chi connectivity index (χ1v) is 14.9. The molecular weight excluding hydrogens is 620 g/mol. The van der Waals surface area contributed by atoms with Crippen LogP contribution in [0.4, 0.5) is 0 Å². The Morgan fingerprint density at radius 3 is 1.85 bits per heavy atom. The first kappa shape index (κ1) is 32.3. The molecule has 17 heteroatoms. The lowest BCUT2D eigenvalue weighted by atomic mass is 9.95. The third kappa shape index (κ3) is 5.06. The minimum Gasteiger partial charge on any atom is -0.393 e. The number of H-pyrrole nitrogens is 2. The van der Waals surface area contributed by atoms with E-state index in [4.69, 9.17) is 14.2 Å². The molecule has 250 valence electrons. The first-order chi connectivity index (χ1) is 22.4. The molecule has 4 aliphatic heterocycles. The van der Waals surface area contributed by atoms with E-state index < -0.39 is 83.0 Å². The van der Waals surface area contributed by atoms with Crippen LogP contribution in [0.3, 0.4) is 0 Å². The van der Waals surface area contributed by atoms with Gasteiger partial charge in [-0.05, 0) is 25.8 Å². The van der Waals surface area contributed by atoms with E-state index in [2.05, 4.69) is 20.6 Å². The zero-order valence-corrected chi connectivity index (χ0v) is 25.6. The first-order valence-electron chi connectivity index (χ1n) is 14.9. The highest BCUT2D eigenvalue weighted by Gasteiger charge is 2.67. The molecule has 0 aliphatic carbocycles. The number of aromatic amines is 2. The van der Waals surface area contributed by atoms with Gasteiger partial charge in [-0.25, -0.2) is 9.59 Å². The Morgan fingerprint density at radius 2 is 1.32 bits per heavy atom. The van der Waals surface area contributed by atoms with Crippen LogP contribution >= 0.6 is 0 Å². The molecule has 47 heavy (non-hydrogen) atoms. The van der Waals surface area contributed by atoms with Crippen LogP contribution in [0.5, 0.6) is 0 Å². The van der Waals surface area contributed by atoms with Crippen LogP contribution < -0.4 is 33.1 Å². The van der Waals surface area contributed by atoms with Crippen LogP contribution in [0.25, 0.3) is 0 Å². The number of carbonyl (C=O) groups excluding carboxylic acids is 2. The number of carbonyl (C=O) groups is 2.